The molecular weight excluding hydrogens is 104 g/mol. The zero-order valence-electron chi connectivity index (χ0n) is 3.16. The number of nitrogens with zero attached hydrogens (tertiary/aromatic N) is 1. The fourth-order valence-electron chi connectivity index (χ4n) is 0.0645. The lowest BCUT2D eigenvalue weighted by atomic mass is 11.5. The van der Waals surface area contributed by atoms with Crippen molar-refractivity contribution in [3.63, 3.8) is 0 Å². The summed E-state index contributed by atoms with van der Waals surface area (Å²) in [5.74, 6) is 0. The molecule has 0 saturated carbocycles. The molecule has 0 rings (SSSR count). The summed E-state index contributed by atoms with van der Waals surface area (Å²) in [6, 6.07) is 0. The Hall–Kier alpha value is -1.33. The van der Waals surface area contributed by atoms with E-state index >= 15 is 0 Å². The number of carbonyl (C=O) groups excluding carboxylic acids is 1. The third kappa shape index (κ3) is 4.67. The molecule has 0 aromatic heterocycles. The Kier molecular flexibility index (Phi) is 2.34. The lowest BCUT2D eigenvalue weighted by molar-refractivity contribution is -0.771. The first-order valence-electron chi connectivity index (χ1n) is 1.28. The highest BCUT2D eigenvalue weighted by Gasteiger charge is 1.86. The zero-order chi connectivity index (χ0) is 5.70. The quantitative estimate of drug-likeness (QED) is 0.280. The number of carbonyl (C=O) groups is 1. The van der Waals surface area contributed by atoms with E-state index in [2.05, 4.69) is 4.94 Å². The Morgan fingerprint density at radius 3 is 2.57 bits per heavy atom. The van der Waals surface area contributed by atoms with E-state index < -0.39 is 5.09 Å². The van der Waals surface area contributed by atoms with Gasteiger partial charge in [0.05, 0.1) is 0 Å². The van der Waals surface area contributed by atoms with Crippen LogP contribution in [0.1, 0.15) is 0 Å². The number of amides is 1. The van der Waals surface area contributed by atoms with E-state index in [1.54, 1.807) is 0 Å². The summed E-state index contributed by atoms with van der Waals surface area (Å²) >= 11 is 0. The Morgan fingerprint density at radius 2 is 2.43 bits per heavy atom. The average molecular weight is 106 g/mol. The largest absolute Gasteiger partial charge is 0.316 e. The molecule has 0 spiro atoms. The Morgan fingerprint density at radius 1 is 1.86 bits per heavy atom. The molecule has 0 aliphatic carbocycles. The minimum Gasteiger partial charge on any atom is -0.277 e. The van der Waals surface area contributed by atoms with Crippen LogP contribution in [0.25, 0.3) is 0 Å². The fourth-order valence-corrected chi connectivity index (χ4v) is 0.0645. The summed E-state index contributed by atoms with van der Waals surface area (Å²) in [5, 5.41) is 7.99. The van der Waals surface area contributed by atoms with Gasteiger partial charge in [0.2, 0.25) is 6.41 Å². The standard InChI is InChI=1S/CH2N2O4/c4-1-2-7-3(5)6/h1H,(H,2,4). The molecule has 0 heterocycles. The summed E-state index contributed by atoms with van der Waals surface area (Å²) in [5.41, 5.74) is 1.37. The topological polar surface area (TPSA) is 81.5 Å². The summed E-state index contributed by atoms with van der Waals surface area (Å²) in [6.45, 7) is 0. The molecule has 0 unspecified atom stereocenters. The fraction of sp³-hybridized carbons (Fsp3) is 0. The van der Waals surface area contributed by atoms with Crippen molar-refractivity contribution in [3.05, 3.63) is 10.1 Å². The first kappa shape index (κ1) is 5.67. The van der Waals surface area contributed by atoms with Gasteiger partial charge in [0, 0.05) is 0 Å². The maximum Gasteiger partial charge on any atom is 0.316 e. The molecule has 0 radical (unpaired) electrons. The van der Waals surface area contributed by atoms with Crippen molar-refractivity contribution < 1.29 is 14.8 Å². The molecule has 40 valence electrons. The SMILES string of the molecule is O=CNO[N+](=O)[O-]. The molecule has 0 aromatic rings. The van der Waals surface area contributed by atoms with Crippen LogP contribution in [-0.2, 0) is 9.73 Å². The van der Waals surface area contributed by atoms with Crippen LogP contribution < -0.4 is 5.48 Å². The van der Waals surface area contributed by atoms with Crippen LogP contribution in [0.4, 0.5) is 0 Å². The molecule has 7 heavy (non-hydrogen) atoms. The summed E-state index contributed by atoms with van der Waals surface area (Å²) in [6.07, 6.45) is 0.0583. The van der Waals surface area contributed by atoms with Crippen LogP contribution in [0.15, 0.2) is 0 Å². The number of hydroxylamine groups is 1. The third-order valence-electron chi connectivity index (χ3n) is 0.175. The van der Waals surface area contributed by atoms with Gasteiger partial charge in [0.1, 0.15) is 0 Å². The minimum absolute atomic E-state index is 0.0583. The highest BCUT2D eigenvalue weighted by Crippen LogP contribution is 1.59. The van der Waals surface area contributed by atoms with Crippen LogP contribution in [0.5, 0.6) is 0 Å². The molecule has 6 nitrogen and oxygen atoms in total. The molecule has 0 aliphatic heterocycles. The molecule has 1 N–H and O–H groups in total. The summed E-state index contributed by atoms with van der Waals surface area (Å²) < 4.78 is 0. The van der Waals surface area contributed by atoms with Crippen molar-refractivity contribution in [3.8, 4) is 0 Å². The van der Waals surface area contributed by atoms with Crippen molar-refractivity contribution in [1.82, 2.24) is 5.48 Å². The average Bonchev–Trinajstić information content (AvgIpc) is 1.61. The van der Waals surface area contributed by atoms with Gasteiger partial charge in [-0.15, -0.1) is 10.1 Å². The monoisotopic (exact) mass is 106 g/mol. The maximum atomic E-state index is 9.17. The van der Waals surface area contributed by atoms with Gasteiger partial charge in [-0.05, 0) is 0 Å². The molecule has 0 aliphatic rings. The second-order valence-electron chi connectivity index (χ2n) is 0.551. The second-order valence-corrected chi connectivity index (χ2v) is 0.551. The predicted molar refractivity (Wildman–Crippen MR) is 17.3 cm³/mol. The summed E-state index contributed by atoms with van der Waals surface area (Å²) in [4.78, 5) is 21.6. The normalized spacial score (nSPS) is 6.86. The van der Waals surface area contributed by atoms with Crippen LogP contribution in [-0.4, -0.2) is 11.5 Å². The maximum absolute atomic E-state index is 9.17. The molecule has 0 saturated heterocycles. The first-order valence-corrected chi connectivity index (χ1v) is 1.28. The Balaban J connectivity index is 2.97. The van der Waals surface area contributed by atoms with Gasteiger partial charge in [0.15, 0.2) is 0 Å². The predicted octanol–water partition coefficient (Wildman–Crippen LogP) is -1.14. The van der Waals surface area contributed by atoms with Crippen molar-refractivity contribution in [2.45, 2.75) is 0 Å². The van der Waals surface area contributed by atoms with Crippen LogP contribution in [0.2, 0.25) is 0 Å². The molecule has 0 atom stereocenters. The number of rotatable bonds is 3. The number of hydrogen-bond donors (Lipinski definition) is 1. The molecular formula is CH2N2O4. The van der Waals surface area contributed by atoms with Gasteiger partial charge in [0.25, 0.3) is 0 Å². The molecule has 1 amide bonds. The highest BCUT2D eigenvalue weighted by atomic mass is 17.0. The van der Waals surface area contributed by atoms with Crippen LogP contribution in [0, 0.1) is 10.1 Å². The van der Waals surface area contributed by atoms with Gasteiger partial charge in [-0.3, -0.25) is 4.79 Å². The number of nitrogens with one attached hydrogen (secondary N) is 1. The first-order chi connectivity index (χ1) is 3.27. The highest BCUT2D eigenvalue weighted by molar-refractivity contribution is 5.43. The van der Waals surface area contributed by atoms with Gasteiger partial charge >= 0.3 is 5.09 Å². The van der Waals surface area contributed by atoms with E-state index in [-0.39, 0.29) is 6.41 Å². The van der Waals surface area contributed by atoms with Crippen LogP contribution >= 0.6 is 0 Å². The zero-order valence-corrected chi connectivity index (χ0v) is 3.16. The smallest absolute Gasteiger partial charge is 0.277 e. The van der Waals surface area contributed by atoms with Crippen molar-refractivity contribution in [1.29, 1.82) is 0 Å². The third-order valence-corrected chi connectivity index (χ3v) is 0.175. The number of hydrogen-bond acceptors (Lipinski definition) is 4. The lowest BCUT2D eigenvalue weighted by Gasteiger charge is -1.86. The van der Waals surface area contributed by atoms with E-state index in [9.17, 15) is 0 Å². The Bertz CT molecular complexity index is 79.8. The molecule has 6 heteroatoms. The van der Waals surface area contributed by atoms with Gasteiger partial charge in [-0.1, -0.05) is 0 Å². The van der Waals surface area contributed by atoms with Gasteiger partial charge in [-0.2, -0.15) is 10.4 Å². The second kappa shape index (κ2) is 2.88. The minimum atomic E-state index is -1.13. The van der Waals surface area contributed by atoms with E-state index in [0.29, 0.717) is 0 Å². The lowest BCUT2D eigenvalue weighted by Crippen LogP contribution is -2.15. The van der Waals surface area contributed by atoms with Crippen molar-refractivity contribution in [2.24, 2.45) is 0 Å². The molecule has 0 fully saturated rings. The van der Waals surface area contributed by atoms with Crippen molar-refractivity contribution >= 4 is 6.41 Å². The van der Waals surface area contributed by atoms with E-state index in [0.717, 1.165) is 0 Å². The van der Waals surface area contributed by atoms with Gasteiger partial charge in [-0.25, -0.2) is 0 Å². The molecule has 0 aromatic carbocycles. The van der Waals surface area contributed by atoms with Gasteiger partial charge < -0.3 is 0 Å². The Labute approximate surface area is 38.1 Å². The van der Waals surface area contributed by atoms with Crippen LogP contribution in [0.3, 0.4) is 0 Å². The van der Waals surface area contributed by atoms with E-state index in [1.165, 1.54) is 5.48 Å². The molecule has 0 bridgehead atoms. The van der Waals surface area contributed by atoms with Crippen molar-refractivity contribution in [2.75, 3.05) is 0 Å². The summed E-state index contributed by atoms with van der Waals surface area (Å²) in [7, 11) is 0. The van der Waals surface area contributed by atoms with E-state index in [1.807, 2.05) is 0 Å². The van der Waals surface area contributed by atoms with E-state index in [4.69, 9.17) is 14.9 Å².